The van der Waals surface area contributed by atoms with Crippen LogP contribution in [-0.2, 0) is 6.54 Å². The lowest BCUT2D eigenvalue weighted by molar-refractivity contribution is 0.594. The molecule has 1 aromatic heterocycles. The van der Waals surface area contributed by atoms with E-state index in [1.54, 1.807) is 11.3 Å². The first-order valence-electron chi connectivity index (χ1n) is 5.69. The fourth-order valence-electron chi connectivity index (χ4n) is 1.50. The predicted molar refractivity (Wildman–Crippen MR) is 64.2 cm³/mol. The van der Waals surface area contributed by atoms with Crippen LogP contribution in [0, 0.1) is 6.92 Å². The van der Waals surface area contributed by atoms with E-state index in [1.807, 2.05) is 5.51 Å². The van der Waals surface area contributed by atoms with Crippen molar-refractivity contribution in [2.75, 3.05) is 13.1 Å². The number of nitrogens with zero attached hydrogens (tertiary/aromatic N) is 1. The van der Waals surface area contributed by atoms with Crippen molar-refractivity contribution >= 4 is 11.3 Å². The van der Waals surface area contributed by atoms with Crippen LogP contribution in [0.3, 0.4) is 0 Å². The molecule has 4 heteroatoms. The van der Waals surface area contributed by atoms with Crippen LogP contribution < -0.4 is 10.6 Å². The minimum Gasteiger partial charge on any atom is -0.314 e. The Morgan fingerprint density at radius 1 is 1.47 bits per heavy atom. The van der Waals surface area contributed by atoms with Crippen LogP contribution in [-0.4, -0.2) is 24.1 Å². The Balaban J connectivity index is 1.49. The highest BCUT2D eigenvalue weighted by Crippen LogP contribution is 2.18. The summed E-state index contributed by atoms with van der Waals surface area (Å²) >= 11 is 1.74. The van der Waals surface area contributed by atoms with Crippen LogP contribution in [0.25, 0.3) is 0 Å². The number of rotatable bonds is 7. The molecule has 1 aliphatic rings. The van der Waals surface area contributed by atoms with Gasteiger partial charge in [0.1, 0.15) is 0 Å². The molecule has 2 N–H and O–H groups in total. The van der Waals surface area contributed by atoms with E-state index in [9.17, 15) is 0 Å². The molecule has 0 amide bonds. The fourth-order valence-corrected chi connectivity index (χ4v) is 2.25. The van der Waals surface area contributed by atoms with Crippen molar-refractivity contribution in [2.45, 2.75) is 38.8 Å². The zero-order chi connectivity index (χ0) is 10.5. The molecule has 0 aromatic carbocycles. The molecule has 3 nitrogen and oxygen atoms in total. The molecule has 1 saturated carbocycles. The maximum Gasteiger partial charge on any atom is 0.0798 e. The largest absolute Gasteiger partial charge is 0.314 e. The number of aromatic nitrogens is 1. The van der Waals surface area contributed by atoms with Crippen molar-refractivity contribution < 1.29 is 0 Å². The first-order chi connectivity index (χ1) is 7.36. The topological polar surface area (TPSA) is 37.0 Å². The summed E-state index contributed by atoms with van der Waals surface area (Å²) in [7, 11) is 0. The molecule has 0 radical (unpaired) electrons. The summed E-state index contributed by atoms with van der Waals surface area (Å²) in [6.07, 6.45) is 3.98. The molecule has 1 aliphatic carbocycles. The molecule has 84 valence electrons. The lowest BCUT2D eigenvalue weighted by Gasteiger charge is -2.04. The Morgan fingerprint density at radius 3 is 3.00 bits per heavy atom. The Hall–Kier alpha value is -0.450. The van der Waals surface area contributed by atoms with Crippen molar-refractivity contribution in [1.29, 1.82) is 0 Å². The summed E-state index contributed by atoms with van der Waals surface area (Å²) in [5.74, 6) is 0. The van der Waals surface area contributed by atoms with Crippen molar-refractivity contribution in [1.82, 2.24) is 15.6 Å². The van der Waals surface area contributed by atoms with Crippen molar-refractivity contribution in [2.24, 2.45) is 0 Å². The number of thiazole rings is 1. The second kappa shape index (κ2) is 5.58. The van der Waals surface area contributed by atoms with E-state index in [-0.39, 0.29) is 0 Å². The zero-order valence-corrected chi connectivity index (χ0v) is 10.1. The molecule has 1 aromatic rings. The standard InChI is InChI=1S/C11H19N3S/c1-9-11(15-8-14-9)7-12-5-2-6-13-10-3-4-10/h8,10,12-13H,2-7H2,1H3. The molecular formula is C11H19N3S. The summed E-state index contributed by atoms with van der Waals surface area (Å²) < 4.78 is 0. The fraction of sp³-hybridized carbons (Fsp3) is 0.727. The van der Waals surface area contributed by atoms with Crippen LogP contribution in [0.4, 0.5) is 0 Å². The van der Waals surface area contributed by atoms with E-state index in [0.29, 0.717) is 0 Å². The van der Waals surface area contributed by atoms with Gasteiger partial charge in [-0.25, -0.2) is 4.98 Å². The molecule has 1 fully saturated rings. The third-order valence-corrected chi connectivity index (χ3v) is 3.61. The summed E-state index contributed by atoms with van der Waals surface area (Å²) in [5.41, 5.74) is 3.09. The van der Waals surface area contributed by atoms with Crippen molar-refractivity contribution in [3.05, 3.63) is 16.1 Å². The molecule has 15 heavy (non-hydrogen) atoms. The molecule has 0 bridgehead atoms. The van der Waals surface area contributed by atoms with Crippen molar-refractivity contribution in [3.63, 3.8) is 0 Å². The van der Waals surface area contributed by atoms with E-state index < -0.39 is 0 Å². The molecule has 0 spiro atoms. The smallest absolute Gasteiger partial charge is 0.0798 e. The van der Waals surface area contributed by atoms with Gasteiger partial charge in [0.15, 0.2) is 0 Å². The van der Waals surface area contributed by atoms with Gasteiger partial charge in [-0.05, 0) is 39.3 Å². The van der Waals surface area contributed by atoms with Gasteiger partial charge < -0.3 is 10.6 Å². The normalized spacial score (nSPS) is 15.8. The first kappa shape index (κ1) is 11.0. The minimum absolute atomic E-state index is 0.841. The van der Waals surface area contributed by atoms with Gasteiger partial charge in [0.25, 0.3) is 0 Å². The van der Waals surface area contributed by atoms with Gasteiger partial charge in [0.05, 0.1) is 11.2 Å². The third-order valence-electron chi connectivity index (χ3n) is 2.67. The van der Waals surface area contributed by atoms with E-state index in [2.05, 4.69) is 22.5 Å². The highest BCUT2D eigenvalue weighted by molar-refractivity contribution is 7.09. The maximum atomic E-state index is 4.23. The lowest BCUT2D eigenvalue weighted by Crippen LogP contribution is -2.23. The molecular weight excluding hydrogens is 206 g/mol. The Kier molecular flexibility index (Phi) is 4.11. The van der Waals surface area contributed by atoms with Gasteiger partial charge >= 0.3 is 0 Å². The first-order valence-corrected chi connectivity index (χ1v) is 6.57. The quantitative estimate of drug-likeness (QED) is 0.693. The van der Waals surface area contributed by atoms with E-state index in [1.165, 1.54) is 29.8 Å². The monoisotopic (exact) mass is 225 g/mol. The third kappa shape index (κ3) is 3.89. The lowest BCUT2D eigenvalue weighted by atomic mass is 10.3. The van der Waals surface area contributed by atoms with Crippen LogP contribution in [0.5, 0.6) is 0 Å². The predicted octanol–water partition coefficient (Wildman–Crippen LogP) is 1.68. The van der Waals surface area contributed by atoms with Crippen molar-refractivity contribution in [3.8, 4) is 0 Å². The average Bonchev–Trinajstić information content (AvgIpc) is 2.96. The Morgan fingerprint density at radius 2 is 2.33 bits per heavy atom. The number of hydrogen-bond donors (Lipinski definition) is 2. The molecule has 0 unspecified atom stereocenters. The zero-order valence-electron chi connectivity index (χ0n) is 9.25. The molecule has 0 aliphatic heterocycles. The van der Waals surface area contributed by atoms with Crippen LogP contribution >= 0.6 is 11.3 Å². The van der Waals surface area contributed by atoms with Gasteiger partial charge in [0, 0.05) is 17.5 Å². The molecule has 0 atom stereocenters. The summed E-state index contributed by atoms with van der Waals surface area (Å²) in [6.45, 7) is 5.29. The summed E-state index contributed by atoms with van der Waals surface area (Å²) in [5, 5.41) is 6.97. The van der Waals surface area contributed by atoms with Crippen LogP contribution in [0.2, 0.25) is 0 Å². The van der Waals surface area contributed by atoms with Gasteiger partial charge in [-0.15, -0.1) is 11.3 Å². The second-order valence-corrected chi connectivity index (χ2v) is 5.06. The van der Waals surface area contributed by atoms with Gasteiger partial charge in [-0.3, -0.25) is 0 Å². The van der Waals surface area contributed by atoms with Gasteiger partial charge in [-0.1, -0.05) is 0 Å². The second-order valence-electron chi connectivity index (χ2n) is 4.12. The Labute approximate surface area is 95.3 Å². The highest BCUT2D eigenvalue weighted by atomic mass is 32.1. The molecule has 0 saturated heterocycles. The molecule has 1 heterocycles. The number of nitrogens with one attached hydrogen (secondary N) is 2. The van der Waals surface area contributed by atoms with Gasteiger partial charge in [0.2, 0.25) is 0 Å². The number of aryl methyl sites for hydroxylation is 1. The maximum absolute atomic E-state index is 4.23. The number of hydrogen-bond acceptors (Lipinski definition) is 4. The van der Waals surface area contributed by atoms with E-state index in [0.717, 1.165) is 25.7 Å². The van der Waals surface area contributed by atoms with Crippen LogP contribution in [0.1, 0.15) is 29.8 Å². The summed E-state index contributed by atoms with van der Waals surface area (Å²) in [6, 6.07) is 0.841. The van der Waals surface area contributed by atoms with Crippen LogP contribution in [0.15, 0.2) is 5.51 Å². The molecule has 2 rings (SSSR count). The Bertz CT molecular complexity index is 294. The average molecular weight is 225 g/mol. The van der Waals surface area contributed by atoms with Gasteiger partial charge in [-0.2, -0.15) is 0 Å². The SMILES string of the molecule is Cc1ncsc1CNCCCNC1CC1. The van der Waals surface area contributed by atoms with E-state index in [4.69, 9.17) is 0 Å². The summed E-state index contributed by atoms with van der Waals surface area (Å²) in [4.78, 5) is 5.60. The minimum atomic E-state index is 0.841. The van der Waals surface area contributed by atoms with E-state index >= 15 is 0 Å². The highest BCUT2D eigenvalue weighted by Gasteiger charge is 2.19.